The van der Waals surface area contributed by atoms with Crippen molar-refractivity contribution in [3.05, 3.63) is 70.7 Å². The van der Waals surface area contributed by atoms with Gasteiger partial charge in [0.15, 0.2) is 0 Å². The summed E-state index contributed by atoms with van der Waals surface area (Å²) in [6.45, 7) is 0.398. The molecule has 1 aromatic heterocycles. The Labute approximate surface area is 173 Å². The summed E-state index contributed by atoms with van der Waals surface area (Å²) in [5.74, 6) is 0.535. The van der Waals surface area contributed by atoms with Crippen LogP contribution in [0.2, 0.25) is 0 Å². The zero-order valence-electron chi connectivity index (χ0n) is 15.5. The number of nitrogens with zero attached hydrogens (tertiary/aromatic N) is 1. The summed E-state index contributed by atoms with van der Waals surface area (Å²) in [7, 11) is 0. The molecule has 28 heavy (non-hydrogen) atoms. The molecule has 1 saturated carbocycles. The maximum atomic E-state index is 12.8. The molecule has 0 spiro atoms. The molecule has 0 bridgehead atoms. The smallest absolute Gasteiger partial charge is 0.255 e. The largest absolute Gasteiger partial charge is 0.487 e. The molecular formula is C22H22N2O2S2. The van der Waals surface area contributed by atoms with Gasteiger partial charge in [0.1, 0.15) is 12.4 Å². The lowest BCUT2D eigenvalue weighted by molar-refractivity contribution is 0.102. The van der Waals surface area contributed by atoms with Gasteiger partial charge in [-0.2, -0.15) is 0 Å². The molecule has 0 saturated heterocycles. The fourth-order valence-electron chi connectivity index (χ4n) is 3.25. The lowest BCUT2D eigenvalue weighted by Crippen LogP contribution is -2.13. The van der Waals surface area contributed by atoms with E-state index in [0.29, 0.717) is 23.2 Å². The van der Waals surface area contributed by atoms with Crippen LogP contribution in [0, 0.1) is 0 Å². The van der Waals surface area contributed by atoms with Gasteiger partial charge in [-0.3, -0.25) is 4.79 Å². The van der Waals surface area contributed by atoms with E-state index < -0.39 is 0 Å². The summed E-state index contributed by atoms with van der Waals surface area (Å²) in [4.78, 5) is 18.1. The number of hydrogen-bond donors (Lipinski definition) is 1. The zero-order valence-corrected chi connectivity index (χ0v) is 17.1. The highest BCUT2D eigenvalue weighted by Gasteiger charge is 2.18. The van der Waals surface area contributed by atoms with Crippen LogP contribution in [0.25, 0.3) is 0 Å². The van der Waals surface area contributed by atoms with Crippen molar-refractivity contribution in [1.29, 1.82) is 0 Å². The Kier molecular flexibility index (Phi) is 6.29. The van der Waals surface area contributed by atoms with Gasteiger partial charge in [0, 0.05) is 21.1 Å². The predicted molar refractivity (Wildman–Crippen MR) is 115 cm³/mol. The number of thiazole rings is 1. The molecule has 0 unspecified atom stereocenters. The molecule has 3 aromatic rings. The molecule has 0 aliphatic heterocycles. The third kappa shape index (κ3) is 4.94. The number of ether oxygens (including phenoxy) is 1. The molecule has 1 amide bonds. The molecule has 4 rings (SSSR count). The molecule has 0 atom stereocenters. The number of para-hydroxylation sites is 1. The van der Waals surface area contributed by atoms with Crippen molar-refractivity contribution in [3.63, 3.8) is 0 Å². The van der Waals surface area contributed by atoms with E-state index in [1.165, 1.54) is 37.0 Å². The molecule has 1 aliphatic carbocycles. The Balaban J connectivity index is 1.43. The topological polar surface area (TPSA) is 51.2 Å². The van der Waals surface area contributed by atoms with Crippen molar-refractivity contribution in [2.24, 2.45) is 0 Å². The van der Waals surface area contributed by atoms with Gasteiger partial charge in [0.25, 0.3) is 5.91 Å². The number of rotatable bonds is 7. The average molecular weight is 411 g/mol. The first-order valence-electron chi connectivity index (χ1n) is 9.45. The number of amides is 1. The maximum Gasteiger partial charge on any atom is 0.255 e. The van der Waals surface area contributed by atoms with Gasteiger partial charge in [-0.05, 0) is 43.2 Å². The summed E-state index contributed by atoms with van der Waals surface area (Å²) >= 11 is 3.42. The highest BCUT2D eigenvalue weighted by molar-refractivity contribution is 8.00. The van der Waals surface area contributed by atoms with Gasteiger partial charge in [-0.25, -0.2) is 4.98 Å². The molecule has 2 aromatic carbocycles. The minimum Gasteiger partial charge on any atom is -0.487 e. The predicted octanol–water partition coefficient (Wildman–Crippen LogP) is 6.01. The number of nitrogens with one attached hydrogen (secondary N) is 1. The molecular weight excluding hydrogens is 388 g/mol. The van der Waals surface area contributed by atoms with Crippen LogP contribution in [0.5, 0.6) is 5.75 Å². The van der Waals surface area contributed by atoms with Crippen LogP contribution in [0.4, 0.5) is 5.69 Å². The summed E-state index contributed by atoms with van der Waals surface area (Å²) in [6.07, 6.45) is 5.12. The molecule has 1 heterocycles. The standard InChI is InChI=1S/C22H22N2O2S2/c25-22(16-6-5-7-18(12-16)26-13-17-14-27-15-23-17)24-20-10-3-4-11-21(20)28-19-8-1-2-9-19/h3-7,10-12,14-15,19H,1-2,8-9,13H2,(H,24,25). The van der Waals surface area contributed by atoms with Crippen LogP contribution in [0.1, 0.15) is 41.7 Å². The van der Waals surface area contributed by atoms with Crippen molar-refractivity contribution in [3.8, 4) is 5.75 Å². The SMILES string of the molecule is O=C(Nc1ccccc1SC1CCCC1)c1cccc(OCc2cscn2)c1. The number of carbonyl (C=O) groups excluding carboxylic acids is 1. The fourth-order valence-corrected chi connectivity index (χ4v) is 5.12. The molecule has 4 nitrogen and oxygen atoms in total. The summed E-state index contributed by atoms with van der Waals surface area (Å²) in [5, 5.41) is 5.68. The molecule has 1 fully saturated rings. The second-order valence-corrected chi connectivity index (χ2v) is 8.83. The Morgan fingerprint density at radius 1 is 1.18 bits per heavy atom. The van der Waals surface area contributed by atoms with Gasteiger partial charge in [-0.15, -0.1) is 23.1 Å². The van der Waals surface area contributed by atoms with Gasteiger partial charge < -0.3 is 10.1 Å². The first-order valence-corrected chi connectivity index (χ1v) is 11.3. The van der Waals surface area contributed by atoms with E-state index in [1.54, 1.807) is 17.6 Å². The van der Waals surface area contributed by atoms with Crippen LogP contribution >= 0.6 is 23.1 Å². The Hall–Kier alpha value is -2.31. The molecule has 0 radical (unpaired) electrons. The lowest BCUT2D eigenvalue weighted by atomic mass is 10.2. The number of thioether (sulfide) groups is 1. The minimum atomic E-state index is -0.126. The highest BCUT2D eigenvalue weighted by Crippen LogP contribution is 2.38. The third-order valence-electron chi connectivity index (χ3n) is 4.70. The lowest BCUT2D eigenvalue weighted by Gasteiger charge is -2.14. The zero-order chi connectivity index (χ0) is 19.2. The van der Waals surface area contributed by atoms with Crippen LogP contribution in [0.15, 0.2) is 64.3 Å². The number of carbonyl (C=O) groups is 1. The van der Waals surface area contributed by atoms with E-state index in [-0.39, 0.29) is 5.91 Å². The fraction of sp³-hybridized carbons (Fsp3) is 0.273. The van der Waals surface area contributed by atoms with E-state index in [1.807, 2.05) is 47.5 Å². The molecule has 1 aliphatic rings. The van der Waals surface area contributed by atoms with Crippen molar-refractivity contribution in [2.75, 3.05) is 5.32 Å². The summed E-state index contributed by atoms with van der Waals surface area (Å²) < 4.78 is 5.76. The minimum absolute atomic E-state index is 0.126. The van der Waals surface area contributed by atoms with Gasteiger partial charge in [-0.1, -0.05) is 31.0 Å². The van der Waals surface area contributed by atoms with Crippen molar-refractivity contribution in [1.82, 2.24) is 4.98 Å². The van der Waals surface area contributed by atoms with Gasteiger partial charge >= 0.3 is 0 Å². The van der Waals surface area contributed by atoms with Crippen molar-refractivity contribution in [2.45, 2.75) is 42.4 Å². The van der Waals surface area contributed by atoms with E-state index in [9.17, 15) is 4.79 Å². The third-order valence-corrected chi connectivity index (χ3v) is 6.75. The Morgan fingerprint density at radius 2 is 2.04 bits per heavy atom. The van der Waals surface area contributed by atoms with Crippen LogP contribution in [0.3, 0.4) is 0 Å². The number of anilines is 1. The first-order chi connectivity index (χ1) is 13.8. The van der Waals surface area contributed by atoms with E-state index in [2.05, 4.69) is 16.4 Å². The molecule has 144 valence electrons. The number of benzene rings is 2. The molecule has 1 N–H and O–H groups in total. The second-order valence-electron chi connectivity index (χ2n) is 6.77. The van der Waals surface area contributed by atoms with E-state index in [0.717, 1.165) is 16.3 Å². The quantitative estimate of drug-likeness (QED) is 0.518. The Bertz CT molecular complexity index is 922. The van der Waals surface area contributed by atoms with E-state index >= 15 is 0 Å². The van der Waals surface area contributed by atoms with Gasteiger partial charge in [0.05, 0.1) is 16.9 Å². The van der Waals surface area contributed by atoms with Crippen molar-refractivity contribution >= 4 is 34.7 Å². The molecule has 6 heteroatoms. The van der Waals surface area contributed by atoms with Gasteiger partial charge in [0.2, 0.25) is 0 Å². The van der Waals surface area contributed by atoms with Crippen molar-refractivity contribution < 1.29 is 9.53 Å². The maximum absolute atomic E-state index is 12.8. The summed E-state index contributed by atoms with van der Waals surface area (Å²) in [5.41, 5.74) is 4.12. The number of aromatic nitrogens is 1. The van der Waals surface area contributed by atoms with Crippen LogP contribution in [-0.4, -0.2) is 16.1 Å². The highest BCUT2D eigenvalue weighted by atomic mass is 32.2. The Morgan fingerprint density at radius 3 is 2.86 bits per heavy atom. The van der Waals surface area contributed by atoms with Crippen LogP contribution < -0.4 is 10.1 Å². The van der Waals surface area contributed by atoms with Crippen LogP contribution in [-0.2, 0) is 6.61 Å². The first kappa shape index (κ1) is 19.0. The second kappa shape index (κ2) is 9.26. The normalized spacial score (nSPS) is 14.1. The summed E-state index contributed by atoms with van der Waals surface area (Å²) in [6, 6.07) is 15.3. The van der Waals surface area contributed by atoms with E-state index in [4.69, 9.17) is 4.74 Å². The average Bonchev–Trinajstić information content (AvgIpc) is 3.42. The number of hydrogen-bond acceptors (Lipinski definition) is 5. The monoisotopic (exact) mass is 410 g/mol.